The molecule has 0 saturated heterocycles. The fourth-order valence-electron chi connectivity index (χ4n) is 5.81. The van der Waals surface area contributed by atoms with Gasteiger partial charge in [0.15, 0.2) is 0 Å². The van der Waals surface area contributed by atoms with Crippen LogP contribution in [0.2, 0.25) is 0 Å². The first kappa shape index (κ1) is 48.1. The molecule has 2 aromatic rings. The molecular formula is C38H62CaO8S2. The van der Waals surface area contributed by atoms with E-state index in [0.717, 1.165) is 43.2 Å². The van der Waals surface area contributed by atoms with Gasteiger partial charge in [-0.3, -0.25) is 4.55 Å². The van der Waals surface area contributed by atoms with Crippen molar-refractivity contribution in [1.29, 1.82) is 0 Å². The van der Waals surface area contributed by atoms with Gasteiger partial charge in [-0.2, -0.15) is 8.42 Å². The van der Waals surface area contributed by atoms with Gasteiger partial charge in [-0.25, -0.2) is 8.42 Å². The Balaban J connectivity index is 0.000000922. The summed E-state index contributed by atoms with van der Waals surface area (Å²) >= 11 is 0. The number of unbranched alkanes of at least 4 members (excludes halogenated alkanes) is 20. The zero-order chi connectivity index (χ0) is 35.7. The fraction of sp³-hybridized carbons (Fsp3) is 0.684. The molecule has 2 rings (SSSR count). The summed E-state index contributed by atoms with van der Waals surface area (Å²) in [7, 11) is -9.03. The van der Waals surface area contributed by atoms with Crippen LogP contribution in [0.4, 0.5) is 0 Å². The van der Waals surface area contributed by atoms with Gasteiger partial charge in [-0.1, -0.05) is 166 Å². The van der Waals surface area contributed by atoms with Gasteiger partial charge in [0, 0.05) is 4.90 Å². The summed E-state index contributed by atoms with van der Waals surface area (Å²) in [5.41, 5.74) is 1.58. The second-order valence-electron chi connectivity index (χ2n) is 13.1. The summed E-state index contributed by atoms with van der Waals surface area (Å²) in [5, 5.41) is 20.9. The maximum absolute atomic E-state index is 11.4. The van der Waals surface area contributed by atoms with Crippen LogP contribution in [0.3, 0.4) is 0 Å². The monoisotopic (exact) mass is 750 g/mol. The minimum Gasteiger partial charge on any atom is -0.872 e. The van der Waals surface area contributed by atoms with Crippen LogP contribution in [0.25, 0.3) is 0 Å². The molecule has 0 fully saturated rings. The predicted octanol–water partition coefficient (Wildman–Crippen LogP) is 9.63. The van der Waals surface area contributed by atoms with Gasteiger partial charge in [-0.05, 0) is 55.0 Å². The number of aromatic hydroxyl groups is 1. The first-order valence-electron chi connectivity index (χ1n) is 18.4. The van der Waals surface area contributed by atoms with Crippen molar-refractivity contribution >= 4 is 58.0 Å². The predicted molar refractivity (Wildman–Crippen MR) is 198 cm³/mol. The molecule has 0 unspecified atom stereocenters. The van der Waals surface area contributed by atoms with Crippen LogP contribution in [0.15, 0.2) is 46.2 Å². The molecule has 2 aromatic carbocycles. The third kappa shape index (κ3) is 24.1. The minimum atomic E-state index is -4.67. The standard InChI is InChI=1S/2C19H32O4S.Ca/c2*1-2-3-4-5-6-7-8-9-10-11-12-13-17-14-15-18(20)19(16-17)24(21,22)23;/h2*14-16,20H,2-13H2,1H3,(H,21,22,23);/q;;+2/p-2. The molecule has 0 spiro atoms. The Morgan fingerprint density at radius 3 is 1.20 bits per heavy atom. The van der Waals surface area contributed by atoms with Gasteiger partial charge in [0.2, 0.25) is 0 Å². The molecule has 49 heavy (non-hydrogen) atoms. The first-order chi connectivity index (χ1) is 22.9. The molecule has 0 bridgehead atoms. The molecule has 0 heterocycles. The van der Waals surface area contributed by atoms with Crippen molar-refractivity contribution in [2.45, 2.75) is 178 Å². The van der Waals surface area contributed by atoms with Crippen LogP contribution in [0.1, 0.15) is 166 Å². The van der Waals surface area contributed by atoms with Gasteiger partial charge in [0.25, 0.3) is 10.1 Å². The average molecular weight is 751 g/mol. The SMILES string of the molecule is CCCCCCCCCCCCCc1ccc(O)c(S(=O)(=O)O)c1.CCCCCCCCCCCCCc1ccc([O-])c(S(=O)(=O)[O-])c1.[Ca+2]. The Morgan fingerprint density at radius 1 is 0.531 bits per heavy atom. The van der Waals surface area contributed by atoms with E-state index in [1.807, 2.05) is 0 Å². The normalized spacial score (nSPS) is 11.5. The van der Waals surface area contributed by atoms with Gasteiger partial charge in [0.1, 0.15) is 20.8 Å². The van der Waals surface area contributed by atoms with Crippen LogP contribution in [-0.4, -0.2) is 68.8 Å². The number of hydrogen-bond donors (Lipinski definition) is 2. The van der Waals surface area contributed by atoms with Crippen LogP contribution in [0, 0.1) is 0 Å². The first-order valence-corrected chi connectivity index (χ1v) is 21.3. The third-order valence-corrected chi connectivity index (χ3v) is 10.5. The molecule has 0 saturated carbocycles. The van der Waals surface area contributed by atoms with E-state index in [-0.39, 0.29) is 37.7 Å². The second kappa shape index (κ2) is 28.7. The van der Waals surface area contributed by atoms with E-state index in [4.69, 9.17) is 4.55 Å². The zero-order valence-corrected chi connectivity index (χ0v) is 34.1. The topological polar surface area (TPSA) is 155 Å². The number of rotatable bonds is 26. The van der Waals surface area contributed by atoms with Gasteiger partial charge in [-0.15, -0.1) is 0 Å². The summed E-state index contributed by atoms with van der Waals surface area (Å²) in [4.78, 5) is -1.02. The number of phenolic OH excluding ortho intramolecular Hbond substituents is 1. The minimum absolute atomic E-state index is 0. The van der Waals surface area contributed by atoms with E-state index in [0.29, 0.717) is 6.42 Å². The maximum Gasteiger partial charge on any atom is 2.00 e. The summed E-state index contributed by atoms with van der Waals surface area (Å²) in [6.07, 6.45) is 29.2. The fourth-order valence-corrected chi connectivity index (χ4v) is 7.05. The van der Waals surface area contributed by atoms with Crippen molar-refractivity contribution in [2.24, 2.45) is 0 Å². The summed E-state index contributed by atoms with van der Waals surface area (Å²) in [6, 6.07) is 8.44. The second-order valence-corrected chi connectivity index (χ2v) is 15.8. The maximum atomic E-state index is 11.4. The Bertz CT molecular complexity index is 1240. The number of aryl methyl sites for hydroxylation is 2. The molecule has 0 atom stereocenters. The zero-order valence-electron chi connectivity index (χ0n) is 30.3. The van der Waals surface area contributed by atoms with Crippen LogP contribution < -0.4 is 5.11 Å². The molecule has 0 aromatic heterocycles. The third-order valence-electron chi connectivity index (χ3n) is 8.72. The molecule has 0 aliphatic rings. The van der Waals surface area contributed by atoms with Crippen LogP contribution in [-0.2, 0) is 33.1 Å². The Kier molecular flexibility index (Phi) is 28.2. The van der Waals surface area contributed by atoms with E-state index < -0.39 is 41.5 Å². The molecular weight excluding hydrogens is 689 g/mol. The van der Waals surface area contributed by atoms with E-state index in [9.17, 15) is 31.6 Å². The number of phenols is 1. The van der Waals surface area contributed by atoms with E-state index in [2.05, 4.69) is 13.8 Å². The molecule has 11 heteroatoms. The molecule has 0 aliphatic heterocycles. The number of benzene rings is 2. The largest absolute Gasteiger partial charge is 2.00 e. The summed E-state index contributed by atoms with van der Waals surface area (Å²) < 4.78 is 64.4. The van der Waals surface area contributed by atoms with Crippen molar-refractivity contribution in [3.8, 4) is 11.5 Å². The van der Waals surface area contributed by atoms with E-state index in [1.54, 1.807) is 12.1 Å². The van der Waals surface area contributed by atoms with Crippen molar-refractivity contribution < 1.29 is 36.2 Å². The smallest absolute Gasteiger partial charge is 0.872 e. The Hall–Kier alpha value is -0.880. The molecule has 0 radical (unpaired) electrons. The van der Waals surface area contributed by atoms with E-state index >= 15 is 0 Å². The van der Waals surface area contributed by atoms with E-state index in [1.165, 1.54) is 140 Å². The number of hydrogen-bond acceptors (Lipinski definition) is 7. The summed E-state index contributed by atoms with van der Waals surface area (Å²) in [5.74, 6) is -1.12. The molecule has 0 amide bonds. The van der Waals surface area contributed by atoms with Crippen molar-refractivity contribution in [3.63, 3.8) is 0 Å². The molecule has 0 aliphatic carbocycles. The van der Waals surface area contributed by atoms with Gasteiger partial charge < -0.3 is 14.8 Å². The van der Waals surface area contributed by atoms with Crippen LogP contribution in [0.5, 0.6) is 11.5 Å². The van der Waals surface area contributed by atoms with Gasteiger partial charge in [0.05, 0.1) is 0 Å². The summed E-state index contributed by atoms with van der Waals surface area (Å²) in [6.45, 7) is 4.47. The Labute approximate surface area is 328 Å². The van der Waals surface area contributed by atoms with Crippen LogP contribution >= 0.6 is 0 Å². The van der Waals surface area contributed by atoms with Crippen molar-refractivity contribution in [2.75, 3.05) is 0 Å². The quantitative estimate of drug-likeness (QED) is 0.0547. The Morgan fingerprint density at radius 2 is 0.857 bits per heavy atom. The molecule has 2 N–H and O–H groups in total. The van der Waals surface area contributed by atoms with Crippen molar-refractivity contribution in [1.82, 2.24) is 0 Å². The average Bonchev–Trinajstić information content (AvgIpc) is 3.03. The molecule has 8 nitrogen and oxygen atoms in total. The molecule has 276 valence electrons. The van der Waals surface area contributed by atoms with Gasteiger partial charge >= 0.3 is 37.7 Å². The van der Waals surface area contributed by atoms with Crippen molar-refractivity contribution in [3.05, 3.63) is 47.5 Å².